The predicted molar refractivity (Wildman–Crippen MR) is 103 cm³/mol. The molecule has 0 fully saturated rings. The van der Waals surface area contributed by atoms with Crippen molar-refractivity contribution in [2.24, 2.45) is 7.05 Å². The van der Waals surface area contributed by atoms with Crippen LogP contribution in [0.25, 0.3) is 22.0 Å². The fraction of sp³-hybridized carbons (Fsp3) is 0.150. The molecule has 0 aliphatic heterocycles. The number of amides is 1. The second kappa shape index (κ2) is 7.43. The lowest BCUT2D eigenvalue weighted by molar-refractivity contribution is -0.135. The van der Waals surface area contributed by atoms with Gasteiger partial charge in [0.1, 0.15) is 23.6 Å². The van der Waals surface area contributed by atoms with Gasteiger partial charge >= 0.3 is 5.97 Å². The molecule has 3 rings (SSSR count). The first-order valence-corrected chi connectivity index (χ1v) is 8.33. The van der Waals surface area contributed by atoms with Gasteiger partial charge < -0.3 is 24.8 Å². The molecule has 0 atom stereocenters. The average molecular weight is 382 g/mol. The molecule has 8 heteroatoms. The molecular formula is C20H18N2O6. The van der Waals surface area contributed by atoms with Crippen molar-refractivity contribution in [2.75, 3.05) is 13.7 Å². The van der Waals surface area contributed by atoms with E-state index in [1.165, 1.54) is 11.6 Å². The van der Waals surface area contributed by atoms with Crippen molar-refractivity contribution in [1.82, 2.24) is 9.88 Å². The first-order valence-electron chi connectivity index (χ1n) is 8.33. The number of carbonyl (C=O) groups is 2. The number of nitrogens with one attached hydrogen (secondary N) is 1. The van der Waals surface area contributed by atoms with Crippen LogP contribution in [0.1, 0.15) is 10.4 Å². The quantitative estimate of drug-likeness (QED) is 0.619. The molecule has 0 unspecified atom stereocenters. The Hall–Kier alpha value is -3.81. The van der Waals surface area contributed by atoms with E-state index in [1.807, 2.05) is 12.1 Å². The van der Waals surface area contributed by atoms with Crippen LogP contribution in [0.5, 0.6) is 11.5 Å². The minimum atomic E-state index is -1.26. The monoisotopic (exact) mass is 382 g/mol. The molecule has 0 saturated heterocycles. The Kier molecular flexibility index (Phi) is 5.04. The number of ether oxygens (including phenoxy) is 1. The van der Waals surface area contributed by atoms with Gasteiger partial charge in [0.05, 0.1) is 12.6 Å². The van der Waals surface area contributed by atoms with Crippen LogP contribution in [-0.2, 0) is 11.8 Å². The topological polar surface area (TPSA) is 118 Å². The van der Waals surface area contributed by atoms with Crippen molar-refractivity contribution < 1.29 is 24.5 Å². The van der Waals surface area contributed by atoms with E-state index in [4.69, 9.17) is 9.84 Å². The Morgan fingerprint density at radius 2 is 1.75 bits per heavy atom. The normalized spacial score (nSPS) is 10.6. The fourth-order valence-electron chi connectivity index (χ4n) is 2.94. The summed E-state index contributed by atoms with van der Waals surface area (Å²) in [5.41, 5.74) is 0.844. The van der Waals surface area contributed by atoms with Crippen LogP contribution < -0.4 is 15.6 Å². The first kappa shape index (κ1) is 19.0. The van der Waals surface area contributed by atoms with Crippen LogP contribution in [-0.4, -0.2) is 40.3 Å². The Bertz CT molecular complexity index is 1130. The minimum absolute atomic E-state index is 0.302. The van der Waals surface area contributed by atoms with E-state index < -0.39 is 35.3 Å². The summed E-state index contributed by atoms with van der Waals surface area (Å²) < 4.78 is 6.38. The number of methoxy groups -OCH3 is 1. The maximum absolute atomic E-state index is 12.5. The molecule has 0 saturated carbocycles. The molecule has 1 heterocycles. The van der Waals surface area contributed by atoms with Crippen LogP contribution in [0.3, 0.4) is 0 Å². The first-order chi connectivity index (χ1) is 13.3. The molecule has 0 bridgehead atoms. The van der Waals surface area contributed by atoms with Gasteiger partial charge in [-0.15, -0.1) is 0 Å². The fourth-order valence-corrected chi connectivity index (χ4v) is 2.94. The summed E-state index contributed by atoms with van der Waals surface area (Å²) in [6.07, 6.45) is 0. The van der Waals surface area contributed by atoms with Gasteiger partial charge in [0.25, 0.3) is 11.5 Å². The zero-order valence-electron chi connectivity index (χ0n) is 15.2. The molecule has 2 aromatic carbocycles. The molecule has 1 amide bonds. The zero-order valence-corrected chi connectivity index (χ0v) is 15.2. The van der Waals surface area contributed by atoms with Crippen molar-refractivity contribution >= 4 is 22.8 Å². The van der Waals surface area contributed by atoms with E-state index in [0.29, 0.717) is 16.7 Å². The van der Waals surface area contributed by atoms with Crippen LogP contribution in [0.2, 0.25) is 0 Å². The van der Waals surface area contributed by atoms with Crippen molar-refractivity contribution in [3.8, 4) is 22.6 Å². The summed E-state index contributed by atoms with van der Waals surface area (Å²) in [4.78, 5) is 35.4. The minimum Gasteiger partial charge on any atom is -0.506 e. The number of aromatic nitrogens is 1. The van der Waals surface area contributed by atoms with E-state index in [0.717, 1.165) is 11.1 Å². The number of aliphatic carboxylic acids is 1. The lowest BCUT2D eigenvalue weighted by atomic mass is 10.0. The van der Waals surface area contributed by atoms with E-state index in [-0.39, 0.29) is 0 Å². The number of aromatic hydroxyl groups is 1. The van der Waals surface area contributed by atoms with Crippen LogP contribution >= 0.6 is 0 Å². The van der Waals surface area contributed by atoms with E-state index in [1.54, 1.807) is 37.4 Å². The number of carboxylic acid groups (broad SMARTS) is 1. The summed E-state index contributed by atoms with van der Waals surface area (Å²) >= 11 is 0. The average Bonchev–Trinajstić information content (AvgIpc) is 2.70. The van der Waals surface area contributed by atoms with Gasteiger partial charge in [0.2, 0.25) is 0 Å². The molecule has 0 aliphatic carbocycles. The maximum atomic E-state index is 12.5. The van der Waals surface area contributed by atoms with Crippen LogP contribution in [0.15, 0.2) is 47.3 Å². The third-order valence-electron chi connectivity index (χ3n) is 4.42. The van der Waals surface area contributed by atoms with Crippen molar-refractivity contribution in [3.05, 3.63) is 58.4 Å². The Labute approximate surface area is 159 Å². The highest BCUT2D eigenvalue weighted by Crippen LogP contribution is 2.31. The van der Waals surface area contributed by atoms with Gasteiger partial charge in [-0.3, -0.25) is 14.4 Å². The second-order valence-corrected chi connectivity index (χ2v) is 6.12. The predicted octanol–water partition coefficient (Wildman–Crippen LogP) is 1.73. The lowest BCUT2D eigenvalue weighted by Gasteiger charge is -2.13. The number of carbonyl (C=O) groups excluding carboxylic acids is 1. The number of carboxylic acids is 1. The van der Waals surface area contributed by atoms with Crippen LogP contribution in [0, 0.1) is 0 Å². The molecule has 0 spiro atoms. The number of nitrogens with zero attached hydrogens (tertiary/aromatic N) is 1. The molecule has 3 aromatic rings. The Morgan fingerprint density at radius 3 is 2.36 bits per heavy atom. The third kappa shape index (κ3) is 3.39. The summed E-state index contributed by atoms with van der Waals surface area (Å²) in [6.45, 7) is -0.661. The van der Waals surface area contributed by atoms with Crippen molar-refractivity contribution in [3.63, 3.8) is 0 Å². The summed E-state index contributed by atoms with van der Waals surface area (Å²) in [6, 6.07) is 12.4. The molecule has 1 aromatic heterocycles. The largest absolute Gasteiger partial charge is 0.506 e. The summed E-state index contributed by atoms with van der Waals surface area (Å²) in [7, 11) is 3.05. The van der Waals surface area contributed by atoms with Gasteiger partial charge in [0.15, 0.2) is 0 Å². The van der Waals surface area contributed by atoms with Gasteiger partial charge in [-0.1, -0.05) is 18.2 Å². The number of hydrogen-bond donors (Lipinski definition) is 3. The number of pyridine rings is 1. The van der Waals surface area contributed by atoms with E-state index in [2.05, 4.69) is 5.32 Å². The Morgan fingerprint density at radius 1 is 1.11 bits per heavy atom. The molecule has 0 radical (unpaired) electrons. The van der Waals surface area contributed by atoms with Gasteiger partial charge in [-0.2, -0.15) is 0 Å². The van der Waals surface area contributed by atoms with Crippen molar-refractivity contribution in [2.45, 2.75) is 0 Å². The molecule has 28 heavy (non-hydrogen) atoms. The van der Waals surface area contributed by atoms with Gasteiger partial charge in [0, 0.05) is 12.4 Å². The zero-order chi connectivity index (χ0) is 20.4. The van der Waals surface area contributed by atoms with Crippen molar-refractivity contribution in [1.29, 1.82) is 0 Å². The van der Waals surface area contributed by atoms with Gasteiger partial charge in [-0.05, 0) is 35.4 Å². The Balaban J connectivity index is 2.15. The number of hydrogen-bond acceptors (Lipinski definition) is 5. The SMILES string of the molecule is COc1ccc(-c2ccc3c(c2)c(O)c(C(=O)NCC(=O)O)c(=O)n3C)cc1. The molecule has 8 nitrogen and oxygen atoms in total. The summed E-state index contributed by atoms with van der Waals surface area (Å²) in [5, 5.41) is 21.7. The maximum Gasteiger partial charge on any atom is 0.322 e. The third-order valence-corrected chi connectivity index (χ3v) is 4.42. The number of aryl methyl sites for hydroxylation is 1. The molecule has 144 valence electrons. The smallest absolute Gasteiger partial charge is 0.322 e. The van der Waals surface area contributed by atoms with E-state index >= 15 is 0 Å². The summed E-state index contributed by atoms with van der Waals surface area (Å²) in [5.74, 6) is -1.99. The molecular weight excluding hydrogens is 364 g/mol. The van der Waals surface area contributed by atoms with Gasteiger partial charge in [-0.25, -0.2) is 0 Å². The highest BCUT2D eigenvalue weighted by atomic mass is 16.5. The second-order valence-electron chi connectivity index (χ2n) is 6.12. The highest BCUT2D eigenvalue weighted by Gasteiger charge is 2.21. The highest BCUT2D eigenvalue weighted by molar-refractivity contribution is 6.03. The lowest BCUT2D eigenvalue weighted by Crippen LogP contribution is -2.35. The molecule has 0 aliphatic rings. The number of fused-ring (bicyclic) bond motifs is 1. The van der Waals surface area contributed by atoms with E-state index in [9.17, 15) is 19.5 Å². The number of rotatable bonds is 5. The number of benzene rings is 2. The molecule has 3 N–H and O–H groups in total. The standard InChI is InChI=1S/C20H18N2O6/c1-22-15-8-5-12(11-3-6-13(28-2)7-4-11)9-14(15)18(25)17(20(22)27)19(26)21-10-16(23)24/h3-9,25H,10H2,1-2H3,(H,21,26)(H,23,24). The van der Waals surface area contributed by atoms with Crippen LogP contribution in [0.4, 0.5) is 0 Å².